The minimum Gasteiger partial charge on any atom is -0.367 e. The smallest absolute Gasteiger partial charge is 0.129 e. The van der Waals surface area contributed by atoms with E-state index in [1.165, 1.54) is 19.3 Å². The number of rotatable bonds is 2. The summed E-state index contributed by atoms with van der Waals surface area (Å²) in [5.74, 6) is 1.81. The van der Waals surface area contributed by atoms with Crippen molar-refractivity contribution >= 4 is 5.82 Å². The average Bonchev–Trinajstić information content (AvgIpc) is 2.53. The molecule has 0 amide bonds. The molecule has 70 valence electrons. The Kier molecular flexibility index (Phi) is 2.43. The summed E-state index contributed by atoms with van der Waals surface area (Å²) >= 11 is 0. The quantitative estimate of drug-likeness (QED) is 0.751. The molecule has 0 aliphatic heterocycles. The minimum absolute atomic E-state index is 0.616. The van der Waals surface area contributed by atoms with Gasteiger partial charge >= 0.3 is 0 Å². The van der Waals surface area contributed by atoms with Crippen LogP contribution in [0, 0.1) is 5.92 Å². The molecule has 2 atom stereocenters. The summed E-state index contributed by atoms with van der Waals surface area (Å²) in [6, 6.07) is 2.54. The van der Waals surface area contributed by atoms with Crippen LogP contribution in [-0.4, -0.2) is 16.0 Å². The largest absolute Gasteiger partial charge is 0.367 e. The molecule has 2 unspecified atom stereocenters. The third-order valence-corrected chi connectivity index (χ3v) is 2.63. The van der Waals surface area contributed by atoms with Gasteiger partial charge in [0, 0.05) is 12.2 Å². The van der Waals surface area contributed by atoms with Crippen LogP contribution in [0.5, 0.6) is 0 Å². The van der Waals surface area contributed by atoms with Crippen LogP contribution in [-0.2, 0) is 0 Å². The minimum atomic E-state index is 0.616. The standard InChI is InChI=1S/C10H15N3/c1-8-2-3-9(6-8)13-10-4-5-11-7-12-10/h4-5,7-9H,2-3,6H2,1H3,(H,11,12,13). The number of nitrogens with zero attached hydrogens (tertiary/aromatic N) is 2. The maximum Gasteiger partial charge on any atom is 0.129 e. The highest BCUT2D eigenvalue weighted by Gasteiger charge is 2.20. The lowest BCUT2D eigenvalue weighted by Crippen LogP contribution is -2.15. The predicted molar refractivity (Wildman–Crippen MR) is 52.5 cm³/mol. The third-order valence-electron chi connectivity index (χ3n) is 2.63. The van der Waals surface area contributed by atoms with E-state index in [1.807, 2.05) is 6.07 Å². The van der Waals surface area contributed by atoms with Gasteiger partial charge in [0.2, 0.25) is 0 Å². The van der Waals surface area contributed by atoms with Crippen LogP contribution in [0.3, 0.4) is 0 Å². The van der Waals surface area contributed by atoms with Gasteiger partial charge in [0.25, 0.3) is 0 Å². The molecule has 13 heavy (non-hydrogen) atoms. The Balaban J connectivity index is 1.92. The first-order valence-electron chi connectivity index (χ1n) is 4.87. The van der Waals surface area contributed by atoms with Crippen molar-refractivity contribution in [3.05, 3.63) is 18.6 Å². The van der Waals surface area contributed by atoms with Crippen molar-refractivity contribution in [2.75, 3.05) is 5.32 Å². The Hall–Kier alpha value is -1.12. The summed E-state index contributed by atoms with van der Waals surface area (Å²) in [6.07, 6.45) is 7.23. The number of nitrogens with one attached hydrogen (secondary N) is 1. The molecule has 1 aliphatic rings. The average molecular weight is 177 g/mol. The second-order valence-electron chi connectivity index (χ2n) is 3.85. The first-order chi connectivity index (χ1) is 6.34. The van der Waals surface area contributed by atoms with Gasteiger partial charge in [-0.25, -0.2) is 9.97 Å². The Bertz CT molecular complexity index is 260. The molecule has 3 heteroatoms. The fraction of sp³-hybridized carbons (Fsp3) is 0.600. The third kappa shape index (κ3) is 2.17. The van der Waals surface area contributed by atoms with Crippen molar-refractivity contribution < 1.29 is 0 Å². The summed E-state index contributed by atoms with van der Waals surface area (Å²) in [4.78, 5) is 8.03. The number of aromatic nitrogens is 2. The van der Waals surface area contributed by atoms with Gasteiger partial charge in [-0.05, 0) is 31.2 Å². The van der Waals surface area contributed by atoms with Crippen LogP contribution >= 0.6 is 0 Å². The molecular weight excluding hydrogens is 162 g/mol. The lowest BCUT2D eigenvalue weighted by atomic mass is 10.1. The van der Waals surface area contributed by atoms with E-state index in [4.69, 9.17) is 0 Å². The van der Waals surface area contributed by atoms with E-state index in [1.54, 1.807) is 12.5 Å². The van der Waals surface area contributed by atoms with Crippen LogP contribution in [0.4, 0.5) is 5.82 Å². The molecular formula is C10H15N3. The highest BCUT2D eigenvalue weighted by atomic mass is 15.0. The highest BCUT2D eigenvalue weighted by molar-refractivity contribution is 5.33. The Morgan fingerprint density at radius 2 is 2.38 bits per heavy atom. The summed E-state index contributed by atoms with van der Waals surface area (Å²) in [5, 5.41) is 3.42. The van der Waals surface area contributed by atoms with Crippen molar-refractivity contribution in [2.45, 2.75) is 32.2 Å². The molecule has 1 saturated carbocycles. The Morgan fingerprint density at radius 3 is 3.00 bits per heavy atom. The van der Waals surface area contributed by atoms with Gasteiger partial charge in [0.1, 0.15) is 12.1 Å². The first-order valence-corrected chi connectivity index (χ1v) is 4.87. The van der Waals surface area contributed by atoms with E-state index in [-0.39, 0.29) is 0 Å². The fourth-order valence-electron chi connectivity index (χ4n) is 1.92. The zero-order chi connectivity index (χ0) is 9.10. The number of hydrogen-bond acceptors (Lipinski definition) is 3. The van der Waals surface area contributed by atoms with Crippen LogP contribution in [0.25, 0.3) is 0 Å². The van der Waals surface area contributed by atoms with Crippen molar-refractivity contribution in [1.82, 2.24) is 9.97 Å². The van der Waals surface area contributed by atoms with Crippen LogP contribution in [0.1, 0.15) is 26.2 Å². The molecule has 1 aliphatic carbocycles. The van der Waals surface area contributed by atoms with E-state index in [0.717, 1.165) is 11.7 Å². The summed E-state index contributed by atoms with van der Waals surface area (Å²) in [5.41, 5.74) is 0. The van der Waals surface area contributed by atoms with E-state index in [2.05, 4.69) is 22.2 Å². The summed E-state index contributed by atoms with van der Waals surface area (Å²) in [7, 11) is 0. The molecule has 2 rings (SSSR count). The SMILES string of the molecule is CC1CCC(Nc2ccncn2)C1. The molecule has 0 bridgehead atoms. The molecule has 0 radical (unpaired) electrons. The van der Waals surface area contributed by atoms with Gasteiger partial charge in [-0.3, -0.25) is 0 Å². The molecule has 0 spiro atoms. The van der Waals surface area contributed by atoms with Gasteiger partial charge in [-0.15, -0.1) is 0 Å². The van der Waals surface area contributed by atoms with Gasteiger partial charge in [0.05, 0.1) is 0 Å². The second kappa shape index (κ2) is 3.73. The zero-order valence-electron chi connectivity index (χ0n) is 7.90. The topological polar surface area (TPSA) is 37.8 Å². The van der Waals surface area contributed by atoms with Crippen LogP contribution in [0.15, 0.2) is 18.6 Å². The predicted octanol–water partition coefficient (Wildman–Crippen LogP) is 2.08. The van der Waals surface area contributed by atoms with Crippen LogP contribution < -0.4 is 5.32 Å². The normalized spacial score (nSPS) is 27.5. The van der Waals surface area contributed by atoms with Crippen molar-refractivity contribution in [2.24, 2.45) is 5.92 Å². The van der Waals surface area contributed by atoms with Gasteiger partial charge < -0.3 is 5.32 Å². The lowest BCUT2D eigenvalue weighted by Gasteiger charge is -2.12. The zero-order valence-corrected chi connectivity index (χ0v) is 7.90. The maximum atomic E-state index is 4.15. The Morgan fingerprint density at radius 1 is 1.46 bits per heavy atom. The van der Waals surface area contributed by atoms with Crippen LogP contribution in [0.2, 0.25) is 0 Å². The van der Waals surface area contributed by atoms with E-state index >= 15 is 0 Å². The molecule has 1 fully saturated rings. The van der Waals surface area contributed by atoms with E-state index in [0.29, 0.717) is 6.04 Å². The number of anilines is 1. The fourth-order valence-corrected chi connectivity index (χ4v) is 1.92. The molecule has 1 heterocycles. The Labute approximate surface area is 78.6 Å². The van der Waals surface area contributed by atoms with Crippen molar-refractivity contribution in [1.29, 1.82) is 0 Å². The summed E-state index contributed by atoms with van der Waals surface area (Å²) in [6.45, 7) is 2.31. The van der Waals surface area contributed by atoms with Gasteiger partial charge in [-0.2, -0.15) is 0 Å². The first kappa shape index (κ1) is 8.48. The lowest BCUT2D eigenvalue weighted by molar-refractivity contribution is 0.602. The maximum absolute atomic E-state index is 4.15. The van der Waals surface area contributed by atoms with E-state index in [9.17, 15) is 0 Å². The molecule has 1 N–H and O–H groups in total. The van der Waals surface area contributed by atoms with Crippen molar-refractivity contribution in [3.8, 4) is 0 Å². The molecule has 1 aromatic rings. The van der Waals surface area contributed by atoms with Crippen molar-refractivity contribution in [3.63, 3.8) is 0 Å². The molecule has 0 aromatic carbocycles. The monoisotopic (exact) mass is 177 g/mol. The van der Waals surface area contributed by atoms with Gasteiger partial charge in [0.15, 0.2) is 0 Å². The highest BCUT2D eigenvalue weighted by Crippen LogP contribution is 2.26. The second-order valence-corrected chi connectivity index (χ2v) is 3.85. The molecule has 0 saturated heterocycles. The summed E-state index contributed by atoms with van der Waals surface area (Å²) < 4.78 is 0. The van der Waals surface area contributed by atoms with Gasteiger partial charge in [-0.1, -0.05) is 6.92 Å². The number of hydrogen-bond donors (Lipinski definition) is 1. The molecule has 1 aromatic heterocycles. The molecule has 3 nitrogen and oxygen atoms in total. The van der Waals surface area contributed by atoms with E-state index < -0.39 is 0 Å².